The van der Waals surface area contributed by atoms with Gasteiger partial charge in [-0.25, -0.2) is 0 Å². The number of hydrogen-bond acceptors (Lipinski definition) is 3. The molecule has 287 valence electrons. The molecule has 0 saturated carbocycles. The molecule has 0 bridgehead atoms. The standard InChI is InChI=1S/C29H17N2O.C23H26NSi.Ir/c1-2-11-20-19(9-1)10-7-17-25(20)31-26-16-5-4-15-24(26)30-29(31)23-14-8-13-22-21-12-3-6-18-27(21)32-28(22)23;1-18(19-11-7-5-8-12-19)15-21-16-22(20-13-9-6-10-14-20)24-17-23(21)25(2,3)4;/h1-13,15-18H;5-13,16-18H,15H2,1-4H3;/q2*-1;/i;15D2;. The predicted octanol–water partition coefficient (Wildman–Crippen LogP) is 13.0. The second-order valence-electron chi connectivity index (χ2n) is 15.4. The minimum Gasteiger partial charge on any atom is -0.501 e. The van der Waals surface area contributed by atoms with Crippen LogP contribution >= 0.6 is 0 Å². The third kappa shape index (κ3) is 7.59. The molecule has 0 aliphatic rings. The largest absolute Gasteiger partial charge is 0.501 e. The van der Waals surface area contributed by atoms with Gasteiger partial charge in [0.2, 0.25) is 0 Å². The van der Waals surface area contributed by atoms with E-state index in [4.69, 9.17) is 12.1 Å². The average molecular weight is 948 g/mol. The van der Waals surface area contributed by atoms with Crippen molar-refractivity contribution in [1.82, 2.24) is 14.5 Å². The van der Waals surface area contributed by atoms with Gasteiger partial charge in [-0.2, -0.15) is 0 Å². The van der Waals surface area contributed by atoms with Crippen molar-refractivity contribution in [2.45, 2.75) is 38.9 Å². The van der Waals surface area contributed by atoms with E-state index >= 15 is 0 Å². The summed E-state index contributed by atoms with van der Waals surface area (Å²) in [5, 5.41) is 5.63. The van der Waals surface area contributed by atoms with E-state index in [9.17, 15) is 0 Å². The SMILES string of the molecule is [2H]C([2H])(c1cc(-c2[c-]cccc2)ncc1[Si](C)(C)C)C(C)c1ccccc1.[Ir].[c-]1ccc2c(oc3ccccc32)c1-c1nc2ccccc2n1-c1cccc2ccccc12. The van der Waals surface area contributed by atoms with Crippen LogP contribution in [0.25, 0.3) is 72.1 Å². The van der Waals surface area contributed by atoms with Crippen molar-refractivity contribution in [3.05, 3.63) is 193 Å². The van der Waals surface area contributed by atoms with Crippen LogP contribution < -0.4 is 5.19 Å². The van der Waals surface area contributed by atoms with Crippen molar-refractivity contribution in [1.29, 1.82) is 0 Å². The van der Waals surface area contributed by atoms with Gasteiger partial charge < -0.3 is 14.0 Å². The summed E-state index contributed by atoms with van der Waals surface area (Å²) in [5.41, 5.74) is 9.07. The van der Waals surface area contributed by atoms with Gasteiger partial charge in [0.05, 0.1) is 30.5 Å². The Morgan fingerprint density at radius 2 is 1.45 bits per heavy atom. The first-order valence-electron chi connectivity index (χ1n) is 20.4. The van der Waals surface area contributed by atoms with Crippen LogP contribution in [0.1, 0.15) is 26.7 Å². The van der Waals surface area contributed by atoms with Gasteiger partial charge in [-0.15, -0.1) is 54.1 Å². The van der Waals surface area contributed by atoms with Crippen molar-refractivity contribution >= 4 is 57.0 Å². The molecule has 0 aliphatic carbocycles. The first kappa shape index (κ1) is 36.4. The number of aromatic nitrogens is 3. The van der Waals surface area contributed by atoms with Gasteiger partial charge in [-0.3, -0.25) is 4.98 Å². The summed E-state index contributed by atoms with van der Waals surface area (Å²) in [5.74, 6) is 0.566. The first-order chi connectivity index (χ1) is 28.6. The van der Waals surface area contributed by atoms with E-state index in [1.165, 1.54) is 10.8 Å². The topological polar surface area (TPSA) is 43.9 Å². The van der Waals surface area contributed by atoms with Crippen molar-refractivity contribution in [3.8, 4) is 28.3 Å². The van der Waals surface area contributed by atoms with Gasteiger partial charge in [-0.05, 0) is 58.4 Å². The van der Waals surface area contributed by atoms with Crippen LogP contribution in [0.2, 0.25) is 19.6 Å². The van der Waals surface area contributed by atoms with E-state index in [0.29, 0.717) is 0 Å². The fraction of sp³-hybridized carbons (Fsp3) is 0.115. The normalized spacial score (nSPS) is 12.8. The Labute approximate surface area is 357 Å². The zero-order valence-electron chi connectivity index (χ0n) is 34.8. The summed E-state index contributed by atoms with van der Waals surface area (Å²) < 4.78 is 26.6. The van der Waals surface area contributed by atoms with E-state index in [2.05, 4.69) is 114 Å². The molecule has 1 unspecified atom stereocenters. The Balaban J connectivity index is 0.000000166. The van der Waals surface area contributed by atoms with E-state index < -0.39 is 14.4 Å². The van der Waals surface area contributed by atoms with Gasteiger partial charge >= 0.3 is 0 Å². The van der Waals surface area contributed by atoms with Crippen molar-refractivity contribution in [2.75, 3.05) is 0 Å². The number of benzene rings is 7. The van der Waals surface area contributed by atoms with Crippen LogP contribution in [-0.2, 0) is 26.5 Å². The Bertz CT molecular complexity index is 3100. The van der Waals surface area contributed by atoms with Crippen molar-refractivity contribution in [2.24, 2.45) is 0 Å². The van der Waals surface area contributed by atoms with Crippen LogP contribution in [0.4, 0.5) is 0 Å². The second kappa shape index (κ2) is 16.5. The number of furan rings is 1. The molecule has 0 N–H and O–H groups in total. The molecule has 0 aliphatic heterocycles. The number of para-hydroxylation sites is 3. The summed E-state index contributed by atoms with van der Waals surface area (Å²) in [6.07, 6.45) is 0.400. The fourth-order valence-corrected chi connectivity index (χ4v) is 9.03. The van der Waals surface area contributed by atoms with Crippen LogP contribution in [0.15, 0.2) is 174 Å². The zero-order valence-corrected chi connectivity index (χ0v) is 36.2. The Morgan fingerprint density at radius 3 is 2.26 bits per heavy atom. The monoisotopic (exact) mass is 948 g/mol. The van der Waals surface area contributed by atoms with Crippen molar-refractivity contribution in [3.63, 3.8) is 0 Å². The van der Waals surface area contributed by atoms with Gasteiger partial charge in [0.1, 0.15) is 5.58 Å². The molecule has 1 radical (unpaired) electrons. The molecule has 7 aromatic carbocycles. The Morgan fingerprint density at radius 1 is 0.724 bits per heavy atom. The minimum absolute atomic E-state index is 0. The second-order valence-corrected chi connectivity index (χ2v) is 20.4. The fourth-order valence-electron chi connectivity index (χ4n) is 7.63. The number of imidazole rings is 1. The third-order valence-electron chi connectivity index (χ3n) is 10.5. The van der Waals surface area contributed by atoms with E-state index in [1.54, 1.807) is 0 Å². The molecule has 1 atom stereocenters. The van der Waals surface area contributed by atoms with Crippen molar-refractivity contribution < 1.29 is 27.3 Å². The molecule has 4 nitrogen and oxygen atoms in total. The van der Waals surface area contributed by atoms with Gasteiger partial charge in [0.25, 0.3) is 0 Å². The van der Waals surface area contributed by atoms with E-state index in [0.717, 1.165) is 77.6 Å². The molecule has 0 spiro atoms. The number of nitrogens with zero attached hydrogens (tertiary/aromatic N) is 3. The molecule has 10 aromatic rings. The maximum absolute atomic E-state index is 9.04. The maximum atomic E-state index is 9.04. The molecular formula is C52H43IrN3OSi-2. The molecule has 0 amide bonds. The Hall–Kier alpha value is -5.91. The van der Waals surface area contributed by atoms with E-state index in [-0.39, 0.29) is 26.0 Å². The molecule has 0 fully saturated rings. The smallest absolute Gasteiger partial charge is 0.120 e. The number of hydrogen-bond donors (Lipinski definition) is 0. The molecular weight excluding hydrogens is 903 g/mol. The van der Waals surface area contributed by atoms with E-state index in [1.807, 2.05) is 104 Å². The molecule has 6 heteroatoms. The van der Waals surface area contributed by atoms with Crippen LogP contribution in [-0.4, -0.2) is 22.6 Å². The van der Waals surface area contributed by atoms with Crippen LogP contribution in [0.3, 0.4) is 0 Å². The molecule has 10 rings (SSSR count). The van der Waals surface area contributed by atoms with Gasteiger partial charge in [0.15, 0.2) is 0 Å². The summed E-state index contributed by atoms with van der Waals surface area (Å²) >= 11 is 0. The number of rotatable bonds is 7. The van der Waals surface area contributed by atoms with Gasteiger partial charge in [-0.1, -0.05) is 146 Å². The average Bonchev–Trinajstić information content (AvgIpc) is 3.85. The summed E-state index contributed by atoms with van der Waals surface area (Å²) in [4.78, 5) is 9.72. The molecule has 3 aromatic heterocycles. The van der Waals surface area contributed by atoms with Crippen LogP contribution in [0, 0.1) is 12.1 Å². The third-order valence-corrected chi connectivity index (χ3v) is 12.5. The predicted molar refractivity (Wildman–Crippen MR) is 240 cm³/mol. The zero-order chi connectivity index (χ0) is 40.7. The minimum atomic E-state index is -1.77. The maximum Gasteiger partial charge on any atom is 0.120 e. The Kier molecular flexibility index (Phi) is 10.4. The summed E-state index contributed by atoms with van der Waals surface area (Å²) in [7, 11) is -1.77. The number of fused-ring (bicyclic) bond motifs is 5. The summed E-state index contributed by atoms with van der Waals surface area (Å²) in [6.45, 7) is 8.69. The quantitative estimate of drug-likeness (QED) is 0.118. The first-order valence-corrected chi connectivity index (χ1v) is 22.9. The van der Waals surface area contributed by atoms with Gasteiger partial charge in [0, 0.05) is 45.5 Å². The molecule has 58 heavy (non-hydrogen) atoms. The molecule has 0 saturated heterocycles. The molecule has 3 heterocycles. The summed E-state index contributed by atoms with van der Waals surface area (Å²) in [6, 6.07) is 61.5. The number of pyridine rings is 1. The van der Waals surface area contributed by atoms with Crippen LogP contribution in [0.5, 0.6) is 0 Å².